The smallest absolute Gasteiger partial charge is 0.359 e. The molecule has 1 aromatic carbocycles. The molecule has 12 heavy (non-hydrogen) atoms. The van der Waals surface area contributed by atoms with E-state index in [1.807, 2.05) is 0 Å². The van der Waals surface area contributed by atoms with Gasteiger partial charge in [0, 0.05) is 10.6 Å². The number of rotatable bonds is 0. The predicted molar refractivity (Wildman–Crippen MR) is 47.7 cm³/mol. The molecule has 0 aliphatic heterocycles. The van der Waals surface area contributed by atoms with E-state index in [0.29, 0.717) is 10.6 Å². The molecule has 60 valence electrons. The minimum absolute atomic E-state index is 0.242. The zero-order chi connectivity index (χ0) is 8.97. The molecule has 0 spiro atoms. The third kappa shape index (κ3) is 2.57. The van der Waals surface area contributed by atoms with Crippen molar-refractivity contribution in [1.82, 2.24) is 0 Å². The first-order valence-electron chi connectivity index (χ1n) is 3.28. The molecule has 0 aliphatic carbocycles. The molecule has 0 amide bonds. The van der Waals surface area contributed by atoms with Crippen molar-refractivity contribution in [1.29, 1.82) is 0 Å². The van der Waals surface area contributed by atoms with E-state index in [0.717, 1.165) is 0 Å². The van der Waals surface area contributed by atoms with Crippen LogP contribution in [0.5, 0.6) is 0 Å². The van der Waals surface area contributed by atoms with Crippen LogP contribution in [0, 0.1) is 17.6 Å². The molecule has 0 saturated carbocycles. The third-order valence-corrected chi connectivity index (χ3v) is 1.39. The van der Waals surface area contributed by atoms with Crippen molar-refractivity contribution >= 4 is 19.1 Å². The molecule has 0 bridgehead atoms. The van der Waals surface area contributed by atoms with Gasteiger partial charge in [-0.25, -0.2) is 4.39 Å². The molecule has 0 aromatic heterocycles. The Bertz CT molecular complexity index is 322. The third-order valence-electron chi connectivity index (χ3n) is 1.17. The van der Waals surface area contributed by atoms with Crippen LogP contribution in [-0.2, 0) is 0 Å². The largest absolute Gasteiger partial charge is 0.443 e. The second-order valence-electron chi connectivity index (χ2n) is 2.12. The average Bonchev–Trinajstić information content (AvgIpc) is 1.99. The van der Waals surface area contributed by atoms with Crippen LogP contribution in [0.1, 0.15) is 5.56 Å². The van der Waals surface area contributed by atoms with E-state index in [2.05, 4.69) is 11.7 Å². The number of hydrogen-bond acceptors (Lipinski definition) is 1. The van der Waals surface area contributed by atoms with Crippen molar-refractivity contribution < 1.29 is 9.41 Å². The summed E-state index contributed by atoms with van der Waals surface area (Å²) >= 11 is 5.56. The molecule has 4 heteroatoms. The van der Waals surface area contributed by atoms with Gasteiger partial charge in [-0.05, 0) is 18.2 Å². The van der Waals surface area contributed by atoms with Gasteiger partial charge in [-0.2, -0.15) is 0 Å². The van der Waals surface area contributed by atoms with Crippen LogP contribution in [0.25, 0.3) is 0 Å². The lowest BCUT2D eigenvalue weighted by Crippen LogP contribution is -1.82. The number of hydrogen-bond donors (Lipinski definition) is 1. The number of halogens is 2. The molecular weight excluding hydrogens is 177 g/mol. The SMILES string of the molecule is OBC#Cc1cc(F)cc(Cl)c1. The van der Waals surface area contributed by atoms with Gasteiger partial charge in [0.1, 0.15) is 5.82 Å². The van der Waals surface area contributed by atoms with Gasteiger partial charge in [-0.15, -0.1) is 5.82 Å². The van der Waals surface area contributed by atoms with Crippen molar-refractivity contribution in [2.24, 2.45) is 0 Å². The van der Waals surface area contributed by atoms with E-state index >= 15 is 0 Å². The number of benzene rings is 1. The molecule has 0 fully saturated rings. The maximum atomic E-state index is 12.6. The second kappa shape index (κ2) is 4.15. The van der Waals surface area contributed by atoms with Crippen LogP contribution in [-0.4, -0.2) is 12.5 Å². The van der Waals surface area contributed by atoms with Gasteiger partial charge >= 0.3 is 7.48 Å². The van der Waals surface area contributed by atoms with Gasteiger partial charge in [0.2, 0.25) is 0 Å². The topological polar surface area (TPSA) is 20.2 Å². The van der Waals surface area contributed by atoms with Crippen molar-refractivity contribution in [3.8, 4) is 11.7 Å². The molecule has 0 heterocycles. The highest BCUT2D eigenvalue weighted by molar-refractivity contribution is 6.37. The van der Waals surface area contributed by atoms with Crippen LogP contribution in [0.2, 0.25) is 5.02 Å². The summed E-state index contributed by atoms with van der Waals surface area (Å²) in [6, 6.07) is 3.99. The van der Waals surface area contributed by atoms with E-state index in [-0.39, 0.29) is 7.48 Å². The normalized spacial score (nSPS) is 8.58. The fourth-order valence-electron chi connectivity index (χ4n) is 0.768. The van der Waals surface area contributed by atoms with E-state index < -0.39 is 5.82 Å². The van der Waals surface area contributed by atoms with Gasteiger partial charge in [-0.1, -0.05) is 17.5 Å². The molecule has 0 saturated heterocycles. The first-order chi connectivity index (χ1) is 5.72. The van der Waals surface area contributed by atoms with Gasteiger partial charge < -0.3 is 5.02 Å². The minimum atomic E-state index is -0.426. The summed E-state index contributed by atoms with van der Waals surface area (Å²) in [7, 11) is -0.242. The summed E-state index contributed by atoms with van der Waals surface area (Å²) in [5.74, 6) is 4.52. The van der Waals surface area contributed by atoms with E-state index in [1.54, 1.807) is 0 Å². The van der Waals surface area contributed by atoms with Crippen LogP contribution in [0.3, 0.4) is 0 Å². The predicted octanol–water partition coefficient (Wildman–Crippen LogP) is 1.13. The molecule has 1 N–H and O–H groups in total. The molecule has 0 atom stereocenters. The van der Waals surface area contributed by atoms with Crippen LogP contribution < -0.4 is 0 Å². The summed E-state index contributed by atoms with van der Waals surface area (Å²) in [5.41, 5.74) is 0.467. The van der Waals surface area contributed by atoms with E-state index in [4.69, 9.17) is 16.6 Å². The maximum Gasteiger partial charge on any atom is 0.359 e. The molecule has 0 aliphatic rings. The van der Waals surface area contributed by atoms with Gasteiger partial charge in [0.05, 0.1) is 0 Å². The molecular formula is C8H5BClFO. The zero-order valence-electron chi connectivity index (χ0n) is 6.14. The Balaban J connectivity index is 3.01. The molecule has 1 rings (SSSR count). The van der Waals surface area contributed by atoms with Crippen LogP contribution in [0.4, 0.5) is 4.39 Å². The standard InChI is InChI=1S/C8H5BClFO/c10-7-3-6(1-2-9-12)4-8(11)5-7/h3-5,9,12H. The van der Waals surface area contributed by atoms with Crippen molar-refractivity contribution in [2.45, 2.75) is 0 Å². The highest BCUT2D eigenvalue weighted by Crippen LogP contribution is 2.12. The lowest BCUT2D eigenvalue weighted by atomic mass is 10.0. The second-order valence-corrected chi connectivity index (χ2v) is 2.55. The summed E-state index contributed by atoms with van der Waals surface area (Å²) in [5, 5.41) is 8.67. The monoisotopic (exact) mass is 182 g/mol. The Morgan fingerprint density at radius 1 is 1.42 bits per heavy atom. The summed E-state index contributed by atoms with van der Waals surface area (Å²) in [4.78, 5) is 0. The Morgan fingerprint density at radius 3 is 2.75 bits per heavy atom. The molecule has 1 aromatic rings. The summed E-state index contributed by atoms with van der Waals surface area (Å²) in [6.45, 7) is 0. The molecule has 1 nitrogen and oxygen atoms in total. The first kappa shape index (κ1) is 9.12. The lowest BCUT2D eigenvalue weighted by Gasteiger charge is -1.92. The first-order valence-corrected chi connectivity index (χ1v) is 3.66. The van der Waals surface area contributed by atoms with E-state index in [1.165, 1.54) is 18.2 Å². The molecule has 0 unspecified atom stereocenters. The van der Waals surface area contributed by atoms with Crippen molar-refractivity contribution in [3.63, 3.8) is 0 Å². The van der Waals surface area contributed by atoms with Gasteiger partial charge in [0.25, 0.3) is 0 Å². The Hall–Kier alpha value is -0.975. The van der Waals surface area contributed by atoms with Gasteiger partial charge in [-0.3, -0.25) is 0 Å². The lowest BCUT2D eigenvalue weighted by molar-refractivity contribution is 0.616. The fourth-order valence-corrected chi connectivity index (χ4v) is 0.989. The highest BCUT2D eigenvalue weighted by Gasteiger charge is 1.95. The quantitative estimate of drug-likeness (QED) is 0.471. The fraction of sp³-hybridized carbons (Fsp3) is 0. The van der Waals surface area contributed by atoms with Gasteiger partial charge in [0.15, 0.2) is 0 Å². The Morgan fingerprint density at radius 2 is 2.17 bits per heavy atom. The molecule has 0 radical (unpaired) electrons. The average molecular weight is 182 g/mol. The maximum absolute atomic E-state index is 12.6. The zero-order valence-corrected chi connectivity index (χ0v) is 6.90. The van der Waals surface area contributed by atoms with E-state index in [9.17, 15) is 4.39 Å². The van der Waals surface area contributed by atoms with Crippen molar-refractivity contribution in [3.05, 3.63) is 34.6 Å². The Labute approximate surface area is 75.4 Å². The summed E-state index contributed by atoms with van der Waals surface area (Å²) in [6.07, 6.45) is 0. The summed E-state index contributed by atoms with van der Waals surface area (Å²) < 4.78 is 12.6. The van der Waals surface area contributed by atoms with Crippen LogP contribution in [0.15, 0.2) is 18.2 Å². The Kier molecular flexibility index (Phi) is 3.15. The van der Waals surface area contributed by atoms with Crippen molar-refractivity contribution in [2.75, 3.05) is 0 Å². The highest BCUT2D eigenvalue weighted by atomic mass is 35.5. The van der Waals surface area contributed by atoms with Crippen LogP contribution >= 0.6 is 11.6 Å². The minimum Gasteiger partial charge on any atom is -0.443 e.